The highest BCUT2D eigenvalue weighted by molar-refractivity contribution is 5.94. The molecule has 3 aromatic rings. The van der Waals surface area contributed by atoms with Crippen LogP contribution in [0.25, 0.3) is 22.0 Å². The number of aryl methyl sites for hydroxylation is 2. The Labute approximate surface area is 126 Å². The van der Waals surface area contributed by atoms with Crippen LogP contribution in [0, 0.1) is 6.92 Å². The third-order valence-electron chi connectivity index (χ3n) is 3.93. The standard InChI is InChI=1S/C20H21N/c1-3-4-7-16-10-12-17(13-11-16)19-14-15(2)21-20-9-6-5-8-18(19)20/h5-6,8-14H,3-4,7H2,1-2H3. The molecule has 0 radical (unpaired) electrons. The highest BCUT2D eigenvalue weighted by Crippen LogP contribution is 2.28. The van der Waals surface area contributed by atoms with Crippen LogP contribution < -0.4 is 0 Å². The topological polar surface area (TPSA) is 12.9 Å². The second kappa shape index (κ2) is 6.09. The lowest BCUT2D eigenvalue weighted by molar-refractivity contribution is 0.795. The summed E-state index contributed by atoms with van der Waals surface area (Å²) < 4.78 is 0. The lowest BCUT2D eigenvalue weighted by Gasteiger charge is -2.09. The van der Waals surface area contributed by atoms with Crippen molar-refractivity contribution in [1.82, 2.24) is 4.98 Å². The maximum atomic E-state index is 4.62. The zero-order valence-electron chi connectivity index (χ0n) is 12.8. The molecule has 0 N–H and O–H groups in total. The number of para-hydroxylation sites is 1. The fourth-order valence-corrected chi connectivity index (χ4v) is 2.78. The van der Waals surface area contributed by atoms with E-state index in [4.69, 9.17) is 0 Å². The normalized spacial score (nSPS) is 11.0. The molecule has 0 aliphatic heterocycles. The van der Waals surface area contributed by atoms with Gasteiger partial charge in [0.25, 0.3) is 0 Å². The molecule has 0 saturated carbocycles. The summed E-state index contributed by atoms with van der Waals surface area (Å²) in [5, 5.41) is 1.23. The molecule has 1 aromatic heterocycles. The Morgan fingerprint density at radius 3 is 2.48 bits per heavy atom. The molecule has 0 fully saturated rings. The number of rotatable bonds is 4. The number of fused-ring (bicyclic) bond motifs is 1. The zero-order valence-corrected chi connectivity index (χ0v) is 12.8. The smallest absolute Gasteiger partial charge is 0.0711 e. The van der Waals surface area contributed by atoms with Gasteiger partial charge in [0, 0.05) is 11.1 Å². The molecular weight excluding hydrogens is 254 g/mol. The molecule has 0 bridgehead atoms. The molecule has 0 amide bonds. The monoisotopic (exact) mass is 275 g/mol. The molecule has 0 atom stereocenters. The molecule has 0 spiro atoms. The Morgan fingerprint density at radius 1 is 0.952 bits per heavy atom. The molecule has 3 rings (SSSR count). The second-order valence-corrected chi connectivity index (χ2v) is 5.63. The van der Waals surface area contributed by atoms with Crippen molar-refractivity contribution >= 4 is 10.9 Å². The van der Waals surface area contributed by atoms with Gasteiger partial charge in [-0.15, -0.1) is 0 Å². The minimum atomic E-state index is 1.07. The van der Waals surface area contributed by atoms with E-state index in [-0.39, 0.29) is 0 Å². The highest BCUT2D eigenvalue weighted by atomic mass is 14.7. The van der Waals surface area contributed by atoms with E-state index in [1.54, 1.807) is 0 Å². The Kier molecular flexibility index (Phi) is 4.01. The summed E-state index contributed by atoms with van der Waals surface area (Å²) in [5.74, 6) is 0. The van der Waals surface area contributed by atoms with Crippen LogP contribution in [-0.2, 0) is 6.42 Å². The van der Waals surface area contributed by atoms with Crippen molar-refractivity contribution in [2.45, 2.75) is 33.1 Å². The maximum absolute atomic E-state index is 4.62. The fraction of sp³-hybridized carbons (Fsp3) is 0.250. The quantitative estimate of drug-likeness (QED) is 0.608. The van der Waals surface area contributed by atoms with Gasteiger partial charge >= 0.3 is 0 Å². The lowest BCUT2D eigenvalue weighted by Crippen LogP contribution is -1.89. The molecule has 2 aromatic carbocycles. The van der Waals surface area contributed by atoms with Crippen molar-refractivity contribution in [1.29, 1.82) is 0 Å². The Morgan fingerprint density at radius 2 is 1.71 bits per heavy atom. The van der Waals surface area contributed by atoms with E-state index >= 15 is 0 Å². The summed E-state index contributed by atoms with van der Waals surface area (Å²) >= 11 is 0. The van der Waals surface area contributed by atoms with Crippen molar-refractivity contribution in [2.24, 2.45) is 0 Å². The summed E-state index contributed by atoms with van der Waals surface area (Å²) in [7, 11) is 0. The van der Waals surface area contributed by atoms with Crippen LogP contribution >= 0.6 is 0 Å². The molecule has 0 unspecified atom stereocenters. The second-order valence-electron chi connectivity index (χ2n) is 5.63. The third kappa shape index (κ3) is 2.97. The minimum absolute atomic E-state index is 1.07. The summed E-state index contributed by atoms with van der Waals surface area (Å²) in [6, 6.07) is 19.6. The molecule has 0 aliphatic rings. The Hall–Kier alpha value is -2.15. The van der Waals surface area contributed by atoms with Gasteiger partial charge in [-0.3, -0.25) is 4.98 Å². The molecule has 21 heavy (non-hydrogen) atoms. The van der Waals surface area contributed by atoms with Crippen LogP contribution in [0.5, 0.6) is 0 Å². The first kappa shape index (κ1) is 13.8. The third-order valence-corrected chi connectivity index (χ3v) is 3.93. The summed E-state index contributed by atoms with van der Waals surface area (Å²) in [4.78, 5) is 4.62. The van der Waals surface area contributed by atoms with E-state index in [0.29, 0.717) is 0 Å². The highest BCUT2D eigenvalue weighted by Gasteiger charge is 2.06. The largest absolute Gasteiger partial charge is 0.253 e. The molecule has 1 nitrogen and oxygen atoms in total. The number of aromatic nitrogens is 1. The number of pyridine rings is 1. The van der Waals surface area contributed by atoms with Crippen LogP contribution in [0.2, 0.25) is 0 Å². The number of benzene rings is 2. The van der Waals surface area contributed by atoms with Gasteiger partial charge in [0.05, 0.1) is 5.52 Å². The summed E-state index contributed by atoms with van der Waals surface area (Å²) in [6.45, 7) is 4.30. The Bertz CT molecular complexity index is 741. The van der Waals surface area contributed by atoms with Crippen molar-refractivity contribution in [3.63, 3.8) is 0 Å². The number of hydrogen-bond donors (Lipinski definition) is 0. The van der Waals surface area contributed by atoms with E-state index in [9.17, 15) is 0 Å². The van der Waals surface area contributed by atoms with Gasteiger partial charge < -0.3 is 0 Å². The molecule has 1 heteroatoms. The first-order chi connectivity index (χ1) is 10.3. The number of hydrogen-bond acceptors (Lipinski definition) is 1. The van der Waals surface area contributed by atoms with Gasteiger partial charge in [0.2, 0.25) is 0 Å². The first-order valence-corrected chi connectivity index (χ1v) is 7.73. The van der Waals surface area contributed by atoms with Gasteiger partial charge in [-0.05, 0) is 48.6 Å². The molecule has 0 saturated heterocycles. The van der Waals surface area contributed by atoms with Crippen LogP contribution in [0.4, 0.5) is 0 Å². The van der Waals surface area contributed by atoms with Crippen molar-refractivity contribution in [3.8, 4) is 11.1 Å². The predicted octanol–water partition coefficient (Wildman–Crippen LogP) is 5.55. The van der Waals surface area contributed by atoms with E-state index in [2.05, 4.69) is 67.4 Å². The average Bonchev–Trinajstić information content (AvgIpc) is 2.52. The maximum Gasteiger partial charge on any atom is 0.0711 e. The van der Waals surface area contributed by atoms with Crippen LogP contribution in [0.15, 0.2) is 54.6 Å². The summed E-state index contributed by atoms with van der Waals surface area (Å²) in [5.41, 5.74) is 6.12. The molecule has 1 heterocycles. The van der Waals surface area contributed by atoms with E-state index < -0.39 is 0 Å². The molecule has 106 valence electrons. The first-order valence-electron chi connectivity index (χ1n) is 7.73. The SMILES string of the molecule is CCCCc1ccc(-c2cc(C)nc3ccccc23)cc1. The van der Waals surface area contributed by atoms with Crippen LogP contribution in [-0.4, -0.2) is 4.98 Å². The predicted molar refractivity (Wildman–Crippen MR) is 90.5 cm³/mol. The van der Waals surface area contributed by atoms with Crippen molar-refractivity contribution in [3.05, 3.63) is 65.9 Å². The van der Waals surface area contributed by atoms with E-state index in [1.165, 1.54) is 41.3 Å². The Balaban J connectivity index is 2.03. The van der Waals surface area contributed by atoms with Gasteiger partial charge in [0.1, 0.15) is 0 Å². The zero-order chi connectivity index (χ0) is 14.7. The van der Waals surface area contributed by atoms with Crippen LogP contribution in [0.1, 0.15) is 31.0 Å². The fourth-order valence-electron chi connectivity index (χ4n) is 2.78. The minimum Gasteiger partial charge on any atom is -0.253 e. The van der Waals surface area contributed by atoms with Crippen molar-refractivity contribution < 1.29 is 0 Å². The van der Waals surface area contributed by atoms with E-state index in [0.717, 1.165) is 11.2 Å². The average molecular weight is 275 g/mol. The molecular formula is C20H21N. The molecule has 0 aliphatic carbocycles. The van der Waals surface area contributed by atoms with Gasteiger partial charge in [-0.1, -0.05) is 55.8 Å². The number of unbranched alkanes of at least 4 members (excludes halogenated alkanes) is 1. The van der Waals surface area contributed by atoms with Gasteiger partial charge in [-0.2, -0.15) is 0 Å². The van der Waals surface area contributed by atoms with Gasteiger partial charge in [-0.25, -0.2) is 0 Å². The van der Waals surface area contributed by atoms with Gasteiger partial charge in [0.15, 0.2) is 0 Å². The van der Waals surface area contributed by atoms with Crippen LogP contribution in [0.3, 0.4) is 0 Å². The lowest BCUT2D eigenvalue weighted by atomic mass is 9.98. The summed E-state index contributed by atoms with van der Waals surface area (Å²) in [6.07, 6.45) is 3.68. The van der Waals surface area contributed by atoms with E-state index in [1.807, 2.05) is 6.07 Å². The number of nitrogens with zero attached hydrogens (tertiary/aromatic N) is 1. The van der Waals surface area contributed by atoms with Crippen molar-refractivity contribution in [2.75, 3.05) is 0 Å².